The Morgan fingerprint density at radius 2 is 2.55 bits per heavy atom. The van der Waals surface area contributed by atoms with Gasteiger partial charge in [0.05, 0.1) is 16.9 Å². The molecule has 0 radical (unpaired) electrons. The molecule has 0 fully saturated rings. The molecule has 0 atom stereocenters. The van der Waals surface area contributed by atoms with Crippen LogP contribution in [0.2, 0.25) is 5.02 Å². The number of halogens is 1. The Morgan fingerprint density at radius 3 is 2.91 bits per heavy atom. The highest BCUT2D eigenvalue weighted by molar-refractivity contribution is 6.31. The zero-order valence-electron chi connectivity index (χ0n) is 5.91. The number of carbonyl (C=O) groups is 1. The summed E-state index contributed by atoms with van der Waals surface area (Å²) in [5.74, 6) is -0.923. The summed E-state index contributed by atoms with van der Waals surface area (Å²) in [4.78, 5) is 10.2. The van der Waals surface area contributed by atoms with E-state index in [1.54, 1.807) is 6.92 Å². The van der Waals surface area contributed by atoms with E-state index < -0.39 is 5.97 Å². The standard InChI is InChI=1S/C6H7ClN2O2/c1-4-5(7)2-8-9(4)3-6(10)11/h2H,3H2,1H3,(H,10,11). The van der Waals surface area contributed by atoms with Gasteiger partial charge in [0.25, 0.3) is 0 Å². The Hall–Kier alpha value is -1.03. The summed E-state index contributed by atoms with van der Waals surface area (Å²) in [5, 5.41) is 12.6. The van der Waals surface area contributed by atoms with Crippen molar-refractivity contribution in [1.82, 2.24) is 9.78 Å². The van der Waals surface area contributed by atoms with Crippen molar-refractivity contribution in [3.05, 3.63) is 16.9 Å². The quantitative estimate of drug-likeness (QED) is 0.726. The van der Waals surface area contributed by atoms with Crippen LogP contribution in [-0.4, -0.2) is 20.9 Å². The largest absolute Gasteiger partial charge is 0.480 e. The summed E-state index contributed by atoms with van der Waals surface area (Å²) in [6, 6.07) is 0. The lowest BCUT2D eigenvalue weighted by Crippen LogP contribution is -2.11. The monoisotopic (exact) mass is 174 g/mol. The maximum atomic E-state index is 10.2. The van der Waals surface area contributed by atoms with E-state index in [0.29, 0.717) is 10.7 Å². The van der Waals surface area contributed by atoms with Crippen LogP contribution >= 0.6 is 11.6 Å². The van der Waals surface area contributed by atoms with Crippen LogP contribution in [0.4, 0.5) is 0 Å². The summed E-state index contributed by atoms with van der Waals surface area (Å²) in [7, 11) is 0. The zero-order chi connectivity index (χ0) is 8.43. The predicted octanol–water partition coefficient (Wildman–Crippen LogP) is 0.930. The maximum Gasteiger partial charge on any atom is 0.325 e. The first-order valence-electron chi connectivity index (χ1n) is 3.01. The highest BCUT2D eigenvalue weighted by atomic mass is 35.5. The van der Waals surface area contributed by atoms with Crippen LogP contribution in [0.5, 0.6) is 0 Å². The maximum absolute atomic E-state index is 10.2. The Labute approximate surface area is 68.4 Å². The van der Waals surface area contributed by atoms with E-state index in [1.807, 2.05) is 0 Å². The predicted molar refractivity (Wildman–Crippen MR) is 39.6 cm³/mol. The molecule has 0 spiro atoms. The molecule has 0 unspecified atom stereocenters. The minimum atomic E-state index is -0.923. The number of hydrogen-bond donors (Lipinski definition) is 1. The molecule has 0 aliphatic heterocycles. The molecule has 5 heteroatoms. The van der Waals surface area contributed by atoms with Gasteiger partial charge in [0, 0.05) is 0 Å². The summed E-state index contributed by atoms with van der Waals surface area (Å²) < 4.78 is 1.34. The molecule has 1 rings (SSSR count). The Bertz CT molecular complexity index is 282. The highest BCUT2D eigenvalue weighted by Crippen LogP contribution is 2.12. The number of aliphatic carboxylic acids is 1. The summed E-state index contributed by atoms with van der Waals surface area (Å²) in [6.45, 7) is 1.58. The number of aromatic nitrogens is 2. The molecule has 0 aliphatic carbocycles. The minimum absolute atomic E-state index is 0.140. The Balaban J connectivity index is 2.87. The molecule has 0 aromatic carbocycles. The SMILES string of the molecule is Cc1c(Cl)cnn1CC(=O)O. The van der Waals surface area contributed by atoms with E-state index in [1.165, 1.54) is 10.9 Å². The highest BCUT2D eigenvalue weighted by Gasteiger charge is 2.05. The Kier molecular flexibility index (Phi) is 2.14. The lowest BCUT2D eigenvalue weighted by molar-refractivity contribution is -0.137. The molecule has 0 saturated carbocycles. The lowest BCUT2D eigenvalue weighted by Gasteiger charge is -1.97. The molecule has 1 N–H and O–H groups in total. The molecule has 0 amide bonds. The average molecular weight is 175 g/mol. The third-order valence-corrected chi connectivity index (χ3v) is 1.70. The van der Waals surface area contributed by atoms with Gasteiger partial charge < -0.3 is 5.11 Å². The van der Waals surface area contributed by atoms with Crippen LogP contribution in [0.15, 0.2) is 6.20 Å². The van der Waals surface area contributed by atoms with Crippen molar-refractivity contribution in [3.63, 3.8) is 0 Å². The smallest absolute Gasteiger partial charge is 0.325 e. The Morgan fingerprint density at radius 1 is 1.91 bits per heavy atom. The van der Waals surface area contributed by atoms with Crippen molar-refractivity contribution in [3.8, 4) is 0 Å². The average Bonchev–Trinajstić information content (AvgIpc) is 2.18. The third-order valence-electron chi connectivity index (χ3n) is 1.33. The van der Waals surface area contributed by atoms with E-state index >= 15 is 0 Å². The molecule has 1 heterocycles. The molecule has 0 saturated heterocycles. The van der Waals surface area contributed by atoms with Crippen LogP contribution in [-0.2, 0) is 11.3 Å². The van der Waals surface area contributed by atoms with Crippen LogP contribution < -0.4 is 0 Å². The van der Waals surface area contributed by atoms with Gasteiger partial charge in [-0.05, 0) is 6.92 Å². The molecule has 0 bridgehead atoms. The number of carboxylic acids is 1. The topological polar surface area (TPSA) is 55.1 Å². The fourth-order valence-electron chi connectivity index (χ4n) is 0.711. The minimum Gasteiger partial charge on any atom is -0.480 e. The van der Waals surface area contributed by atoms with Crippen molar-refractivity contribution in [2.45, 2.75) is 13.5 Å². The van der Waals surface area contributed by atoms with E-state index in [4.69, 9.17) is 16.7 Å². The normalized spacial score (nSPS) is 10.0. The summed E-state index contributed by atoms with van der Waals surface area (Å²) in [5.41, 5.74) is 0.675. The molecule has 60 valence electrons. The molecule has 0 aliphatic rings. The summed E-state index contributed by atoms with van der Waals surface area (Å²) in [6.07, 6.45) is 1.43. The first-order chi connectivity index (χ1) is 5.11. The second-order valence-corrected chi connectivity index (χ2v) is 2.54. The van der Waals surface area contributed by atoms with Crippen LogP contribution in [0.25, 0.3) is 0 Å². The molecular formula is C6H7ClN2O2. The third kappa shape index (κ3) is 1.71. The second-order valence-electron chi connectivity index (χ2n) is 2.13. The number of carboxylic acid groups (broad SMARTS) is 1. The number of rotatable bonds is 2. The first kappa shape index (κ1) is 8.07. The van der Waals surface area contributed by atoms with Gasteiger partial charge in [-0.3, -0.25) is 9.48 Å². The zero-order valence-corrected chi connectivity index (χ0v) is 6.67. The van der Waals surface area contributed by atoms with E-state index in [-0.39, 0.29) is 6.54 Å². The van der Waals surface area contributed by atoms with Gasteiger partial charge in [0.15, 0.2) is 0 Å². The molecule has 1 aromatic rings. The number of hydrogen-bond acceptors (Lipinski definition) is 2. The fraction of sp³-hybridized carbons (Fsp3) is 0.333. The molecule has 1 aromatic heterocycles. The van der Waals surface area contributed by atoms with E-state index in [9.17, 15) is 4.79 Å². The van der Waals surface area contributed by atoms with Gasteiger partial charge in [0.1, 0.15) is 6.54 Å². The molecular weight excluding hydrogens is 168 g/mol. The van der Waals surface area contributed by atoms with Crippen LogP contribution in [0, 0.1) is 6.92 Å². The summed E-state index contributed by atoms with van der Waals surface area (Å²) >= 11 is 5.64. The number of nitrogens with zero attached hydrogens (tertiary/aromatic N) is 2. The van der Waals surface area contributed by atoms with Gasteiger partial charge in [-0.15, -0.1) is 0 Å². The first-order valence-corrected chi connectivity index (χ1v) is 3.38. The van der Waals surface area contributed by atoms with E-state index in [2.05, 4.69) is 5.10 Å². The molecule has 4 nitrogen and oxygen atoms in total. The van der Waals surface area contributed by atoms with Crippen molar-refractivity contribution in [2.24, 2.45) is 0 Å². The van der Waals surface area contributed by atoms with Gasteiger partial charge in [-0.1, -0.05) is 11.6 Å². The fourth-order valence-corrected chi connectivity index (χ4v) is 0.852. The van der Waals surface area contributed by atoms with Gasteiger partial charge >= 0.3 is 5.97 Å². The van der Waals surface area contributed by atoms with Crippen molar-refractivity contribution < 1.29 is 9.90 Å². The lowest BCUT2D eigenvalue weighted by atomic mass is 10.5. The van der Waals surface area contributed by atoms with Crippen molar-refractivity contribution in [2.75, 3.05) is 0 Å². The van der Waals surface area contributed by atoms with Crippen LogP contribution in [0.3, 0.4) is 0 Å². The van der Waals surface area contributed by atoms with Crippen molar-refractivity contribution >= 4 is 17.6 Å². The van der Waals surface area contributed by atoms with Crippen molar-refractivity contribution in [1.29, 1.82) is 0 Å². The van der Waals surface area contributed by atoms with E-state index in [0.717, 1.165) is 0 Å². The van der Waals surface area contributed by atoms with Gasteiger partial charge in [-0.25, -0.2) is 0 Å². The van der Waals surface area contributed by atoms with Crippen LogP contribution in [0.1, 0.15) is 5.69 Å². The van der Waals surface area contributed by atoms with Gasteiger partial charge in [-0.2, -0.15) is 5.10 Å². The molecule has 11 heavy (non-hydrogen) atoms. The van der Waals surface area contributed by atoms with Gasteiger partial charge in [0.2, 0.25) is 0 Å². The second kappa shape index (κ2) is 2.92.